The van der Waals surface area contributed by atoms with Gasteiger partial charge in [-0.25, -0.2) is 0 Å². The molecule has 1 unspecified atom stereocenters. The fraction of sp³-hybridized carbons (Fsp3) is 1.00. The van der Waals surface area contributed by atoms with Gasteiger partial charge in [0.1, 0.15) is 0 Å². The van der Waals surface area contributed by atoms with Crippen LogP contribution in [0.25, 0.3) is 0 Å². The van der Waals surface area contributed by atoms with Gasteiger partial charge in [-0.05, 0) is 12.8 Å². The molecule has 2 heteroatoms. The Kier molecular flexibility index (Phi) is 9.64. The summed E-state index contributed by atoms with van der Waals surface area (Å²) in [6.07, 6.45) is 7.26. The molecule has 0 fully saturated rings. The van der Waals surface area contributed by atoms with Crippen LogP contribution >= 0.6 is 12.6 Å². The third kappa shape index (κ3) is 8.41. The number of hydrogen-bond donors (Lipinski definition) is 1. The van der Waals surface area contributed by atoms with Crippen molar-refractivity contribution in [3.63, 3.8) is 0 Å². The van der Waals surface area contributed by atoms with Crippen LogP contribution in [0.4, 0.5) is 0 Å². The quantitative estimate of drug-likeness (QED) is 0.349. The van der Waals surface area contributed by atoms with Gasteiger partial charge in [-0.1, -0.05) is 39.5 Å². The number of rotatable bonds is 8. The van der Waals surface area contributed by atoms with E-state index in [9.17, 15) is 0 Å². The Morgan fingerprint density at radius 1 is 1.08 bits per heavy atom. The minimum atomic E-state index is 0.168. The lowest BCUT2D eigenvalue weighted by Gasteiger charge is -2.10. The minimum absolute atomic E-state index is 0.168. The summed E-state index contributed by atoms with van der Waals surface area (Å²) in [5.74, 6) is 0. The Hall–Kier alpha value is 0.310. The Bertz CT molecular complexity index is 85.9. The first kappa shape index (κ1) is 12.3. The summed E-state index contributed by atoms with van der Waals surface area (Å²) in [7, 11) is 0. The zero-order valence-electron chi connectivity index (χ0n) is 8.38. The topological polar surface area (TPSA) is 9.23 Å². The third-order valence-corrected chi connectivity index (χ3v) is 2.27. The van der Waals surface area contributed by atoms with E-state index in [-0.39, 0.29) is 5.44 Å². The molecule has 0 aliphatic rings. The lowest BCUT2D eigenvalue weighted by molar-refractivity contribution is 0.103. The van der Waals surface area contributed by atoms with Crippen LogP contribution in [0.2, 0.25) is 0 Å². The molecule has 0 aromatic carbocycles. The summed E-state index contributed by atoms with van der Waals surface area (Å²) >= 11 is 4.34. The normalized spacial score (nSPS) is 13.2. The van der Waals surface area contributed by atoms with Crippen LogP contribution in [0.3, 0.4) is 0 Å². The molecule has 0 aliphatic heterocycles. The second-order valence-electron chi connectivity index (χ2n) is 3.17. The van der Waals surface area contributed by atoms with E-state index in [1.54, 1.807) is 0 Å². The van der Waals surface area contributed by atoms with E-state index in [0.29, 0.717) is 0 Å². The summed E-state index contributed by atoms with van der Waals surface area (Å²) in [5.41, 5.74) is 0.168. The lowest BCUT2D eigenvalue weighted by atomic mass is 10.2. The highest BCUT2D eigenvalue weighted by Crippen LogP contribution is 2.09. The fourth-order valence-electron chi connectivity index (χ4n) is 1.03. The van der Waals surface area contributed by atoms with Crippen molar-refractivity contribution >= 4 is 12.6 Å². The largest absolute Gasteiger partial charge is 0.368 e. The molecule has 12 heavy (non-hydrogen) atoms. The van der Waals surface area contributed by atoms with Gasteiger partial charge in [0.25, 0.3) is 0 Å². The molecule has 0 saturated heterocycles. The van der Waals surface area contributed by atoms with Crippen molar-refractivity contribution in [3.8, 4) is 0 Å². The van der Waals surface area contributed by atoms with Gasteiger partial charge in [-0.2, -0.15) is 0 Å². The molecular weight excluding hydrogens is 168 g/mol. The van der Waals surface area contributed by atoms with Crippen molar-refractivity contribution in [2.45, 2.75) is 57.8 Å². The van der Waals surface area contributed by atoms with Crippen LogP contribution in [-0.4, -0.2) is 12.0 Å². The average molecular weight is 190 g/mol. The van der Waals surface area contributed by atoms with Crippen LogP contribution in [0.1, 0.15) is 52.4 Å². The van der Waals surface area contributed by atoms with Gasteiger partial charge in [-0.15, -0.1) is 12.6 Å². The zero-order chi connectivity index (χ0) is 9.23. The maximum absolute atomic E-state index is 5.51. The van der Waals surface area contributed by atoms with Crippen LogP contribution in [0.15, 0.2) is 0 Å². The molecule has 0 N–H and O–H groups in total. The molecule has 0 saturated carbocycles. The number of ether oxygens (including phenoxy) is 1. The van der Waals surface area contributed by atoms with Crippen molar-refractivity contribution < 1.29 is 4.74 Å². The molecule has 1 atom stereocenters. The van der Waals surface area contributed by atoms with Crippen LogP contribution in [0, 0.1) is 0 Å². The smallest absolute Gasteiger partial charge is 0.0999 e. The molecule has 0 bridgehead atoms. The van der Waals surface area contributed by atoms with Crippen LogP contribution < -0.4 is 0 Å². The molecule has 0 spiro atoms. The van der Waals surface area contributed by atoms with Crippen molar-refractivity contribution in [1.82, 2.24) is 0 Å². The van der Waals surface area contributed by atoms with Gasteiger partial charge in [0.2, 0.25) is 0 Å². The first-order valence-electron chi connectivity index (χ1n) is 5.11. The van der Waals surface area contributed by atoms with Crippen molar-refractivity contribution in [3.05, 3.63) is 0 Å². The minimum Gasteiger partial charge on any atom is -0.368 e. The van der Waals surface area contributed by atoms with Gasteiger partial charge in [0.15, 0.2) is 0 Å². The molecular formula is C10H22OS. The summed E-state index contributed by atoms with van der Waals surface area (Å²) < 4.78 is 5.51. The van der Waals surface area contributed by atoms with Crippen molar-refractivity contribution in [2.75, 3.05) is 6.61 Å². The van der Waals surface area contributed by atoms with E-state index < -0.39 is 0 Å². The van der Waals surface area contributed by atoms with Crippen LogP contribution in [0.5, 0.6) is 0 Å². The Balaban J connectivity index is 3.02. The first-order chi connectivity index (χ1) is 5.81. The molecule has 74 valence electrons. The van der Waals surface area contributed by atoms with Crippen molar-refractivity contribution in [1.29, 1.82) is 0 Å². The average Bonchev–Trinajstić information content (AvgIpc) is 2.09. The molecule has 0 aromatic heterocycles. The predicted octanol–water partition coefficient (Wildman–Crippen LogP) is 3.64. The molecule has 0 radical (unpaired) electrons. The van der Waals surface area contributed by atoms with E-state index in [0.717, 1.165) is 13.0 Å². The van der Waals surface area contributed by atoms with E-state index in [1.807, 2.05) is 0 Å². The molecule has 0 rings (SSSR count). The maximum atomic E-state index is 5.51. The summed E-state index contributed by atoms with van der Waals surface area (Å²) in [6.45, 7) is 5.28. The highest BCUT2D eigenvalue weighted by Gasteiger charge is 2.00. The zero-order valence-corrected chi connectivity index (χ0v) is 9.28. The monoisotopic (exact) mass is 190 g/mol. The highest BCUT2D eigenvalue weighted by atomic mass is 32.1. The summed E-state index contributed by atoms with van der Waals surface area (Å²) in [4.78, 5) is 0. The maximum Gasteiger partial charge on any atom is 0.0999 e. The van der Waals surface area contributed by atoms with Gasteiger partial charge in [0.05, 0.1) is 5.44 Å². The molecule has 1 nitrogen and oxygen atoms in total. The van der Waals surface area contributed by atoms with Crippen LogP contribution in [-0.2, 0) is 4.74 Å². The van der Waals surface area contributed by atoms with E-state index in [2.05, 4.69) is 26.5 Å². The molecule has 0 aliphatic carbocycles. The highest BCUT2D eigenvalue weighted by molar-refractivity contribution is 7.80. The summed E-state index contributed by atoms with van der Waals surface area (Å²) in [6, 6.07) is 0. The lowest BCUT2D eigenvalue weighted by Crippen LogP contribution is -2.06. The molecule has 0 amide bonds. The van der Waals surface area contributed by atoms with Gasteiger partial charge < -0.3 is 4.74 Å². The Labute approximate surface area is 82.3 Å². The Morgan fingerprint density at radius 2 is 1.75 bits per heavy atom. The predicted molar refractivity (Wildman–Crippen MR) is 57.8 cm³/mol. The summed E-state index contributed by atoms with van der Waals surface area (Å²) in [5, 5.41) is 0. The van der Waals surface area contributed by atoms with Gasteiger partial charge in [-0.3, -0.25) is 0 Å². The molecule has 0 aromatic rings. The van der Waals surface area contributed by atoms with E-state index in [1.165, 1.54) is 32.1 Å². The first-order valence-corrected chi connectivity index (χ1v) is 5.62. The fourth-order valence-corrected chi connectivity index (χ4v) is 1.32. The molecule has 0 heterocycles. The number of unbranched alkanes of at least 4 members (excludes halogenated alkanes) is 3. The standard InChI is InChI=1S/C10H22OS/c1-3-5-7-9-11-10(12)8-6-4-2/h10,12H,3-9H2,1-2H3. The van der Waals surface area contributed by atoms with Gasteiger partial charge in [0, 0.05) is 6.61 Å². The van der Waals surface area contributed by atoms with Gasteiger partial charge >= 0.3 is 0 Å². The number of hydrogen-bond acceptors (Lipinski definition) is 2. The number of thiol groups is 1. The van der Waals surface area contributed by atoms with Crippen molar-refractivity contribution in [2.24, 2.45) is 0 Å². The Morgan fingerprint density at radius 3 is 2.33 bits per heavy atom. The second-order valence-corrected chi connectivity index (χ2v) is 3.75. The van der Waals surface area contributed by atoms with E-state index >= 15 is 0 Å². The SMILES string of the molecule is CCCCCOC(S)CCCC. The third-order valence-electron chi connectivity index (χ3n) is 1.86. The van der Waals surface area contributed by atoms with E-state index in [4.69, 9.17) is 4.74 Å². The second kappa shape index (κ2) is 9.40.